The fraction of sp³-hybridized carbons (Fsp3) is 0.125. The number of carbonyl (C=O) groups is 1. The van der Waals surface area contributed by atoms with Crippen molar-refractivity contribution in [2.45, 2.75) is 6.92 Å². The number of carbonyl (C=O) groups excluding carboxylic acids is 1. The van der Waals surface area contributed by atoms with Crippen molar-refractivity contribution in [1.29, 1.82) is 0 Å². The Morgan fingerprint density at radius 3 is 2.86 bits per heavy atom. The van der Waals surface area contributed by atoms with Gasteiger partial charge in [-0.1, -0.05) is 24.3 Å². The number of nitrogens with zero attached hydrogens (tertiary/aromatic N) is 1. The monoisotopic (exact) mass is 321 g/mol. The Morgan fingerprint density at radius 2 is 2.23 bits per heavy atom. The Labute approximate surface area is 132 Å². The Balaban J connectivity index is 2.46. The highest BCUT2D eigenvalue weighted by Crippen LogP contribution is 2.29. The molecule has 0 fully saturated rings. The number of aromatic nitrogens is 1. The molecule has 1 aromatic heterocycles. The van der Waals surface area contributed by atoms with E-state index >= 15 is 0 Å². The molecular weight excluding hydrogens is 309 g/mol. The van der Waals surface area contributed by atoms with Crippen molar-refractivity contribution >= 4 is 23.6 Å². The van der Waals surface area contributed by atoms with Crippen LogP contribution in [0.5, 0.6) is 11.6 Å². The Hall–Kier alpha value is -2.40. The zero-order valence-corrected chi connectivity index (χ0v) is 12.6. The average molecular weight is 322 g/mol. The largest absolute Gasteiger partial charge is 0.462 e. The van der Waals surface area contributed by atoms with Crippen LogP contribution < -0.4 is 4.74 Å². The molecule has 1 heterocycles. The molecule has 0 aliphatic carbocycles. The second kappa shape index (κ2) is 7.04. The van der Waals surface area contributed by atoms with Gasteiger partial charge in [-0.2, -0.15) is 0 Å². The molecular formula is C16H13ClFNO3. The van der Waals surface area contributed by atoms with Gasteiger partial charge in [-0.15, -0.1) is 0 Å². The highest BCUT2D eigenvalue weighted by molar-refractivity contribution is 6.30. The maximum atomic E-state index is 13.8. The van der Waals surface area contributed by atoms with E-state index in [0.29, 0.717) is 5.56 Å². The van der Waals surface area contributed by atoms with Crippen molar-refractivity contribution in [2.75, 3.05) is 6.61 Å². The molecule has 0 unspecified atom stereocenters. The lowest BCUT2D eigenvalue weighted by molar-refractivity contribution is 0.0522. The lowest BCUT2D eigenvalue weighted by atomic mass is 10.1. The van der Waals surface area contributed by atoms with E-state index in [2.05, 4.69) is 11.6 Å². The lowest BCUT2D eigenvalue weighted by Gasteiger charge is -2.12. The fourth-order valence-corrected chi connectivity index (χ4v) is 1.93. The summed E-state index contributed by atoms with van der Waals surface area (Å²) in [5.74, 6) is -1.43. The van der Waals surface area contributed by atoms with E-state index in [0.717, 1.165) is 6.07 Å². The highest BCUT2D eigenvalue weighted by Gasteiger charge is 2.20. The molecule has 22 heavy (non-hydrogen) atoms. The van der Waals surface area contributed by atoms with Gasteiger partial charge < -0.3 is 9.47 Å². The normalized spacial score (nSPS) is 10.1. The van der Waals surface area contributed by atoms with Crippen molar-refractivity contribution < 1.29 is 18.7 Å². The fourth-order valence-electron chi connectivity index (χ4n) is 1.77. The molecule has 0 bridgehead atoms. The predicted molar refractivity (Wildman–Crippen MR) is 81.8 cm³/mol. The van der Waals surface area contributed by atoms with Crippen LogP contribution in [-0.2, 0) is 4.74 Å². The minimum Gasteiger partial charge on any atom is -0.462 e. The van der Waals surface area contributed by atoms with E-state index in [1.54, 1.807) is 13.0 Å². The smallest absolute Gasteiger partial charge is 0.344 e. The van der Waals surface area contributed by atoms with Crippen LogP contribution in [0.3, 0.4) is 0 Å². The molecule has 0 radical (unpaired) electrons. The Morgan fingerprint density at radius 1 is 1.45 bits per heavy atom. The highest BCUT2D eigenvalue weighted by atomic mass is 35.5. The van der Waals surface area contributed by atoms with Crippen molar-refractivity contribution in [1.82, 2.24) is 4.98 Å². The van der Waals surface area contributed by atoms with Gasteiger partial charge in [0.2, 0.25) is 5.88 Å². The first kappa shape index (κ1) is 16.0. The minimum absolute atomic E-state index is 0.0583. The van der Waals surface area contributed by atoms with E-state index < -0.39 is 11.8 Å². The molecule has 0 saturated carbocycles. The molecule has 6 heteroatoms. The summed E-state index contributed by atoms with van der Waals surface area (Å²) in [4.78, 5) is 16.0. The average Bonchev–Trinajstić information content (AvgIpc) is 2.50. The van der Waals surface area contributed by atoms with Gasteiger partial charge in [0.25, 0.3) is 0 Å². The third-order valence-electron chi connectivity index (χ3n) is 2.75. The van der Waals surface area contributed by atoms with E-state index in [1.165, 1.54) is 24.4 Å². The van der Waals surface area contributed by atoms with Crippen LogP contribution in [-0.4, -0.2) is 17.6 Å². The van der Waals surface area contributed by atoms with Crippen LogP contribution in [0.2, 0.25) is 5.02 Å². The molecule has 114 valence electrons. The second-order valence-corrected chi connectivity index (χ2v) is 4.62. The van der Waals surface area contributed by atoms with Crippen LogP contribution in [0, 0.1) is 5.82 Å². The summed E-state index contributed by atoms with van der Waals surface area (Å²) < 4.78 is 24.2. The quantitative estimate of drug-likeness (QED) is 0.761. The van der Waals surface area contributed by atoms with Crippen molar-refractivity contribution in [3.05, 3.63) is 59.0 Å². The van der Waals surface area contributed by atoms with Gasteiger partial charge in [-0.05, 0) is 36.8 Å². The number of ether oxygens (including phenoxy) is 2. The van der Waals surface area contributed by atoms with Crippen LogP contribution >= 0.6 is 11.6 Å². The van der Waals surface area contributed by atoms with Crippen molar-refractivity contribution in [2.24, 2.45) is 0 Å². The maximum Gasteiger partial charge on any atom is 0.344 e. The number of hydrogen-bond donors (Lipinski definition) is 0. The summed E-state index contributed by atoms with van der Waals surface area (Å²) in [5, 5.41) is 0.239. The Bertz CT molecular complexity index is 719. The number of halogens is 2. The molecule has 2 rings (SSSR count). The van der Waals surface area contributed by atoms with Gasteiger partial charge in [0.15, 0.2) is 11.6 Å². The first-order valence-electron chi connectivity index (χ1n) is 6.48. The minimum atomic E-state index is -0.659. The van der Waals surface area contributed by atoms with Crippen LogP contribution in [0.15, 0.2) is 37.0 Å². The summed E-state index contributed by atoms with van der Waals surface area (Å²) >= 11 is 5.69. The third kappa shape index (κ3) is 3.43. The molecule has 0 saturated heterocycles. The SMILES string of the molecule is C=Cc1ccnc(Oc2ccc(Cl)cc2F)c1C(=O)OCC. The predicted octanol–water partition coefficient (Wildman–Crippen LogP) is 4.49. The van der Waals surface area contributed by atoms with E-state index in [9.17, 15) is 9.18 Å². The summed E-state index contributed by atoms with van der Waals surface area (Å²) in [6.45, 7) is 5.50. The molecule has 0 aliphatic rings. The number of hydrogen-bond acceptors (Lipinski definition) is 4. The van der Waals surface area contributed by atoms with Gasteiger partial charge in [-0.25, -0.2) is 14.2 Å². The third-order valence-corrected chi connectivity index (χ3v) is 2.98. The van der Waals surface area contributed by atoms with Gasteiger partial charge >= 0.3 is 5.97 Å². The number of esters is 1. The summed E-state index contributed by atoms with van der Waals surface area (Å²) in [5.41, 5.74) is 0.575. The molecule has 2 aromatic rings. The number of benzene rings is 1. The lowest BCUT2D eigenvalue weighted by Crippen LogP contribution is -2.10. The van der Waals surface area contributed by atoms with Crippen molar-refractivity contribution in [3.63, 3.8) is 0 Å². The molecule has 0 spiro atoms. The first-order chi connectivity index (χ1) is 10.6. The zero-order valence-electron chi connectivity index (χ0n) is 11.8. The Kier molecular flexibility index (Phi) is 5.12. The molecule has 1 aromatic carbocycles. The van der Waals surface area contributed by atoms with Gasteiger partial charge in [0.1, 0.15) is 5.56 Å². The van der Waals surface area contributed by atoms with Crippen LogP contribution in [0.1, 0.15) is 22.8 Å². The molecule has 0 atom stereocenters. The number of rotatable bonds is 5. The topological polar surface area (TPSA) is 48.4 Å². The van der Waals surface area contributed by atoms with E-state index in [4.69, 9.17) is 21.1 Å². The standard InChI is InChI=1S/C16H13ClFNO3/c1-3-10-7-8-19-15(14(10)16(20)21-4-2)22-13-6-5-11(17)9-12(13)18/h3,5-9H,1,4H2,2H3. The van der Waals surface area contributed by atoms with Crippen LogP contribution in [0.25, 0.3) is 6.08 Å². The van der Waals surface area contributed by atoms with Crippen molar-refractivity contribution in [3.8, 4) is 11.6 Å². The number of pyridine rings is 1. The summed E-state index contributed by atoms with van der Waals surface area (Å²) in [7, 11) is 0. The van der Waals surface area contributed by atoms with E-state index in [-0.39, 0.29) is 28.8 Å². The molecule has 0 aliphatic heterocycles. The molecule has 4 nitrogen and oxygen atoms in total. The maximum absolute atomic E-state index is 13.8. The molecule has 0 N–H and O–H groups in total. The van der Waals surface area contributed by atoms with Gasteiger partial charge in [-0.3, -0.25) is 0 Å². The molecule has 0 amide bonds. The van der Waals surface area contributed by atoms with Gasteiger partial charge in [0.05, 0.1) is 6.61 Å². The second-order valence-electron chi connectivity index (χ2n) is 4.18. The first-order valence-corrected chi connectivity index (χ1v) is 6.86. The van der Waals surface area contributed by atoms with Gasteiger partial charge in [0, 0.05) is 11.2 Å². The summed E-state index contributed by atoms with van der Waals surface area (Å²) in [6.07, 6.45) is 2.90. The zero-order chi connectivity index (χ0) is 16.1. The van der Waals surface area contributed by atoms with E-state index in [1.807, 2.05) is 0 Å². The van der Waals surface area contributed by atoms with Crippen LogP contribution in [0.4, 0.5) is 4.39 Å². The summed E-state index contributed by atoms with van der Waals surface area (Å²) in [6, 6.07) is 5.53.